The minimum absolute atomic E-state index is 0.0332. The Morgan fingerprint density at radius 2 is 1.32 bits per heavy atom. The van der Waals surface area contributed by atoms with Gasteiger partial charge < -0.3 is 9.84 Å². The minimum Gasteiger partial charge on any atom is -0.507 e. The van der Waals surface area contributed by atoms with E-state index in [1.165, 1.54) is 11.1 Å². The van der Waals surface area contributed by atoms with Gasteiger partial charge in [-0.25, -0.2) is 0 Å². The zero-order valence-corrected chi connectivity index (χ0v) is 26.4. The molecule has 0 amide bonds. The molecule has 0 atom stereocenters. The number of rotatable bonds is 6. The Labute approximate surface area is 247 Å². The van der Waals surface area contributed by atoms with E-state index in [0.717, 1.165) is 39.3 Å². The molecule has 3 nitrogen and oxygen atoms in total. The summed E-state index contributed by atoms with van der Waals surface area (Å²) in [5, 5.41) is 11.5. The van der Waals surface area contributed by atoms with Crippen molar-refractivity contribution in [3.63, 3.8) is 0 Å². The highest BCUT2D eigenvalue weighted by molar-refractivity contribution is 5.90. The standard InChI is InChI=1S/C38H45NO2/c1-25-20-26(34(40)31(21-25)38(8,9)27-16-12-11-13-17-27)24-39-33-19-15-14-18-29(33)30-22-28(36(2,3)4)23-32(35(30)41-10)37(5,6)7/h11-24,40H,1-10H3. The Hall–Kier alpha value is -3.85. The summed E-state index contributed by atoms with van der Waals surface area (Å²) < 4.78 is 6.08. The highest BCUT2D eigenvalue weighted by Gasteiger charge is 2.28. The van der Waals surface area contributed by atoms with Crippen LogP contribution in [0.25, 0.3) is 11.1 Å². The van der Waals surface area contributed by atoms with Gasteiger partial charge in [-0.05, 0) is 52.6 Å². The predicted octanol–water partition coefficient (Wildman–Crippen LogP) is 10.0. The van der Waals surface area contributed by atoms with Gasteiger partial charge in [-0.1, -0.05) is 116 Å². The van der Waals surface area contributed by atoms with Crippen LogP contribution in [-0.4, -0.2) is 18.4 Å². The Bertz CT molecular complexity index is 1560. The third-order valence-electron chi connectivity index (χ3n) is 7.96. The molecule has 0 bridgehead atoms. The predicted molar refractivity (Wildman–Crippen MR) is 174 cm³/mol. The van der Waals surface area contributed by atoms with E-state index in [0.29, 0.717) is 5.56 Å². The fraction of sp³-hybridized carbons (Fsp3) is 0.342. The van der Waals surface area contributed by atoms with E-state index < -0.39 is 0 Å². The number of aromatic hydroxyl groups is 1. The summed E-state index contributed by atoms with van der Waals surface area (Å²) in [5.41, 5.74) is 8.56. The number of benzene rings is 4. The molecule has 214 valence electrons. The first kappa shape index (κ1) is 30.1. The van der Waals surface area contributed by atoms with Gasteiger partial charge in [0, 0.05) is 39.4 Å². The summed E-state index contributed by atoms with van der Waals surface area (Å²) in [6.07, 6.45) is 1.79. The first-order valence-electron chi connectivity index (χ1n) is 14.4. The summed E-state index contributed by atoms with van der Waals surface area (Å²) in [4.78, 5) is 4.97. The van der Waals surface area contributed by atoms with Crippen LogP contribution in [0.2, 0.25) is 0 Å². The lowest BCUT2D eigenvalue weighted by atomic mass is 9.76. The molecule has 0 aromatic heterocycles. The second-order valence-corrected chi connectivity index (χ2v) is 13.6. The van der Waals surface area contributed by atoms with Gasteiger partial charge in [0.25, 0.3) is 0 Å². The van der Waals surface area contributed by atoms with Gasteiger partial charge in [-0.3, -0.25) is 4.99 Å². The number of aliphatic imine (C=N–C) groups is 1. The molecule has 0 fully saturated rings. The molecule has 0 aliphatic carbocycles. The van der Waals surface area contributed by atoms with Crippen molar-refractivity contribution in [1.29, 1.82) is 0 Å². The fourth-order valence-corrected chi connectivity index (χ4v) is 5.38. The van der Waals surface area contributed by atoms with Gasteiger partial charge in [0.05, 0.1) is 12.8 Å². The largest absolute Gasteiger partial charge is 0.507 e. The molecule has 0 radical (unpaired) electrons. The summed E-state index contributed by atoms with van der Waals surface area (Å²) in [6.45, 7) is 19.7. The summed E-state index contributed by atoms with van der Waals surface area (Å²) in [5.74, 6) is 1.13. The van der Waals surface area contributed by atoms with Crippen molar-refractivity contribution in [2.45, 2.75) is 78.6 Å². The van der Waals surface area contributed by atoms with Gasteiger partial charge in [0.15, 0.2) is 0 Å². The van der Waals surface area contributed by atoms with E-state index in [9.17, 15) is 5.11 Å². The number of nitrogens with zero attached hydrogens (tertiary/aromatic N) is 1. The molecule has 4 aromatic rings. The third-order valence-corrected chi connectivity index (χ3v) is 7.96. The van der Waals surface area contributed by atoms with Crippen LogP contribution in [0.3, 0.4) is 0 Å². The van der Waals surface area contributed by atoms with E-state index >= 15 is 0 Å². The average Bonchev–Trinajstić information content (AvgIpc) is 2.92. The van der Waals surface area contributed by atoms with E-state index in [2.05, 4.69) is 98.7 Å². The quantitative estimate of drug-likeness (QED) is 0.244. The second-order valence-electron chi connectivity index (χ2n) is 13.6. The van der Waals surface area contributed by atoms with Crippen LogP contribution in [0.5, 0.6) is 11.5 Å². The van der Waals surface area contributed by atoms with Gasteiger partial charge in [0.2, 0.25) is 0 Å². The van der Waals surface area contributed by atoms with Gasteiger partial charge in [-0.15, -0.1) is 0 Å². The number of para-hydroxylation sites is 1. The topological polar surface area (TPSA) is 41.8 Å². The Balaban J connectivity index is 1.87. The molecule has 0 heterocycles. The van der Waals surface area contributed by atoms with Crippen LogP contribution >= 0.6 is 0 Å². The highest BCUT2D eigenvalue weighted by atomic mass is 16.5. The summed E-state index contributed by atoms with van der Waals surface area (Å²) in [6, 6.07) is 27.1. The van der Waals surface area contributed by atoms with Crippen LogP contribution in [0.1, 0.15) is 88.8 Å². The summed E-state index contributed by atoms with van der Waals surface area (Å²) in [7, 11) is 1.75. The van der Waals surface area contributed by atoms with E-state index in [1.54, 1.807) is 13.3 Å². The van der Waals surface area contributed by atoms with Gasteiger partial charge >= 0.3 is 0 Å². The molecular formula is C38H45NO2. The molecule has 0 saturated heterocycles. The van der Waals surface area contributed by atoms with Crippen LogP contribution in [0, 0.1) is 6.92 Å². The van der Waals surface area contributed by atoms with Crippen molar-refractivity contribution in [1.82, 2.24) is 0 Å². The van der Waals surface area contributed by atoms with Crippen molar-refractivity contribution in [2.75, 3.05) is 7.11 Å². The highest BCUT2D eigenvalue weighted by Crippen LogP contribution is 2.45. The van der Waals surface area contributed by atoms with Crippen LogP contribution in [0.15, 0.2) is 83.9 Å². The number of hydrogen-bond donors (Lipinski definition) is 1. The Morgan fingerprint density at radius 1 is 0.683 bits per heavy atom. The maximum absolute atomic E-state index is 11.5. The number of methoxy groups -OCH3 is 1. The molecule has 4 aromatic carbocycles. The number of phenols is 1. The molecule has 0 spiro atoms. The maximum atomic E-state index is 11.5. The smallest absolute Gasteiger partial charge is 0.130 e. The summed E-state index contributed by atoms with van der Waals surface area (Å²) >= 11 is 0. The average molecular weight is 548 g/mol. The molecule has 0 aliphatic rings. The Morgan fingerprint density at radius 3 is 1.93 bits per heavy atom. The van der Waals surface area contributed by atoms with Gasteiger partial charge in [-0.2, -0.15) is 0 Å². The number of hydrogen-bond acceptors (Lipinski definition) is 3. The molecule has 4 rings (SSSR count). The number of phenolic OH excluding ortho intramolecular Hbond substituents is 1. The zero-order chi connectivity index (χ0) is 30.2. The van der Waals surface area contributed by atoms with E-state index in [-0.39, 0.29) is 22.0 Å². The lowest BCUT2D eigenvalue weighted by molar-refractivity contribution is 0.398. The SMILES string of the molecule is COc1c(-c2ccccc2N=Cc2cc(C)cc(C(C)(C)c3ccccc3)c2O)cc(C(C)(C)C)cc1C(C)(C)C. The molecule has 0 saturated carbocycles. The number of ether oxygens (including phenoxy) is 1. The van der Waals surface area contributed by atoms with Crippen molar-refractivity contribution >= 4 is 11.9 Å². The van der Waals surface area contributed by atoms with Crippen molar-refractivity contribution < 1.29 is 9.84 Å². The molecule has 0 unspecified atom stereocenters. The molecule has 41 heavy (non-hydrogen) atoms. The van der Waals surface area contributed by atoms with Gasteiger partial charge in [0.1, 0.15) is 11.5 Å². The van der Waals surface area contributed by atoms with Crippen molar-refractivity contribution in [2.24, 2.45) is 4.99 Å². The molecular weight excluding hydrogens is 502 g/mol. The lowest BCUT2D eigenvalue weighted by Gasteiger charge is -2.29. The van der Waals surface area contributed by atoms with E-state index in [4.69, 9.17) is 9.73 Å². The van der Waals surface area contributed by atoms with E-state index in [1.807, 2.05) is 42.5 Å². The molecule has 0 aliphatic heterocycles. The van der Waals surface area contributed by atoms with Crippen molar-refractivity contribution in [3.05, 3.63) is 112 Å². The minimum atomic E-state index is -0.373. The second kappa shape index (κ2) is 11.2. The molecule has 3 heteroatoms. The van der Waals surface area contributed by atoms with Crippen LogP contribution in [0.4, 0.5) is 5.69 Å². The Kier molecular flexibility index (Phi) is 8.23. The number of aryl methyl sites for hydroxylation is 1. The lowest BCUT2D eigenvalue weighted by Crippen LogP contribution is -2.19. The molecule has 1 N–H and O–H groups in total. The first-order valence-corrected chi connectivity index (χ1v) is 14.4. The van der Waals surface area contributed by atoms with Crippen LogP contribution in [-0.2, 0) is 16.2 Å². The van der Waals surface area contributed by atoms with Crippen molar-refractivity contribution in [3.8, 4) is 22.6 Å². The third kappa shape index (κ3) is 6.25. The fourth-order valence-electron chi connectivity index (χ4n) is 5.38. The normalized spacial score (nSPS) is 12.6. The van der Waals surface area contributed by atoms with Crippen LogP contribution < -0.4 is 4.74 Å². The first-order chi connectivity index (χ1) is 19.1. The monoisotopic (exact) mass is 547 g/mol. The maximum Gasteiger partial charge on any atom is 0.130 e. The zero-order valence-electron chi connectivity index (χ0n) is 26.4.